The molecule has 0 radical (unpaired) electrons. The van der Waals surface area contributed by atoms with Gasteiger partial charge in [0.25, 0.3) is 0 Å². The molecule has 0 bridgehead atoms. The van der Waals surface area contributed by atoms with Crippen LogP contribution in [0.5, 0.6) is 5.75 Å². The Morgan fingerprint density at radius 3 is 2.50 bits per heavy atom. The lowest BCUT2D eigenvalue weighted by molar-refractivity contribution is -0.137. The Morgan fingerprint density at radius 1 is 1.14 bits per heavy atom. The maximum atomic E-state index is 13.0. The van der Waals surface area contributed by atoms with Crippen LogP contribution in [0, 0.1) is 0 Å². The van der Waals surface area contributed by atoms with Crippen molar-refractivity contribution in [2.24, 2.45) is 0 Å². The van der Waals surface area contributed by atoms with E-state index in [1.54, 1.807) is 6.07 Å². The molecule has 0 fully saturated rings. The highest BCUT2D eigenvalue weighted by atomic mass is 79.9. The number of hydrogen-bond donors (Lipinski definition) is 1. The van der Waals surface area contributed by atoms with Crippen LogP contribution >= 0.6 is 15.9 Å². The lowest BCUT2D eigenvalue weighted by Crippen LogP contribution is -2.35. The predicted molar refractivity (Wildman–Crippen MR) is 101 cm³/mol. The monoisotopic (exact) mass is 460 g/mol. The van der Waals surface area contributed by atoms with E-state index in [2.05, 4.69) is 26.0 Å². The van der Waals surface area contributed by atoms with Gasteiger partial charge in [-0.15, -0.1) is 0 Å². The summed E-state index contributed by atoms with van der Waals surface area (Å²) in [5.41, 5.74) is -0.506. The minimum Gasteiger partial charge on any atom is -0.453 e. The summed E-state index contributed by atoms with van der Waals surface area (Å²) in [6.45, 7) is 0.0836. The first-order valence-corrected chi connectivity index (χ1v) is 9.04. The molecule has 0 saturated heterocycles. The normalized spacial score (nSPS) is 10.9. The number of alkyl halides is 4. The van der Waals surface area contributed by atoms with Crippen molar-refractivity contribution in [3.63, 3.8) is 0 Å². The largest absolute Gasteiger partial charge is 0.453 e. The van der Waals surface area contributed by atoms with E-state index in [0.717, 1.165) is 17.0 Å². The van der Waals surface area contributed by atoms with Gasteiger partial charge in [0.1, 0.15) is 5.75 Å². The molecule has 28 heavy (non-hydrogen) atoms. The molecular formula is C18H16BrF3N2O4. The Labute approximate surface area is 167 Å². The van der Waals surface area contributed by atoms with Crippen LogP contribution < -0.4 is 15.0 Å². The van der Waals surface area contributed by atoms with E-state index < -0.39 is 23.9 Å². The first kappa shape index (κ1) is 21.5. The van der Waals surface area contributed by atoms with Gasteiger partial charge < -0.3 is 9.47 Å². The maximum Gasteiger partial charge on any atom is 0.419 e. The predicted octanol–water partition coefficient (Wildman–Crippen LogP) is 5.28. The highest BCUT2D eigenvalue weighted by molar-refractivity contribution is 9.09. The summed E-state index contributed by atoms with van der Waals surface area (Å²) >= 11 is 3.17. The molecule has 150 valence electrons. The molecule has 2 aromatic carbocycles. The van der Waals surface area contributed by atoms with Gasteiger partial charge in [-0.3, -0.25) is 10.2 Å². The number of hydrogen-bond acceptors (Lipinski definition) is 4. The number of halogens is 4. The summed E-state index contributed by atoms with van der Waals surface area (Å²) in [5.74, 6) is 0.102. The number of carbonyl (C=O) groups is 2. The molecule has 0 aliphatic heterocycles. The lowest BCUT2D eigenvalue weighted by atomic mass is 10.2. The van der Waals surface area contributed by atoms with Crippen molar-refractivity contribution in [2.75, 3.05) is 29.2 Å². The summed E-state index contributed by atoms with van der Waals surface area (Å²) in [4.78, 5) is 24.9. The topological polar surface area (TPSA) is 67.9 Å². The van der Waals surface area contributed by atoms with Gasteiger partial charge in [0.05, 0.1) is 12.7 Å². The number of ether oxygens (including phenoxy) is 2. The fourth-order valence-electron chi connectivity index (χ4n) is 2.22. The maximum absolute atomic E-state index is 13.0. The van der Waals surface area contributed by atoms with E-state index in [4.69, 9.17) is 4.74 Å². The number of anilines is 2. The molecule has 0 saturated carbocycles. The number of amides is 2. The van der Waals surface area contributed by atoms with Gasteiger partial charge in [-0.25, -0.2) is 9.59 Å². The highest BCUT2D eigenvalue weighted by Crippen LogP contribution is 2.32. The van der Waals surface area contributed by atoms with Gasteiger partial charge in [0.15, 0.2) is 0 Å². The Morgan fingerprint density at radius 2 is 1.86 bits per heavy atom. The molecule has 0 aliphatic rings. The van der Waals surface area contributed by atoms with Crippen LogP contribution in [-0.4, -0.2) is 31.2 Å². The first-order chi connectivity index (χ1) is 13.2. The third-order valence-corrected chi connectivity index (χ3v) is 3.84. The Kier molecular flexibility index (Phi) is 7.27. The molecule has 0 atom stereocenters. The number of nitrogens with one attached hydrogen (secondary N) is 1. The van der Waals surface area contributed by atoms with Crippen LogP contribution in [0.2, 0.25) is 0 Å². The molecule has 6 nitrogen and oxygen atoms in total. The van der Waals surface area contributed by atoms with E-state index in [1.165, 1.54) is 37.4 Å². The van der Waals surface area contributed by atoms with Crippen molar-refractivity contribution in [1.82, 2.24) is 0 Å². The van der Waals surface area contributed by atoms with E-state index in [9.17, 15) is 22.8 Å². The van der Waals surface area contributed by atoms with Crippen molar-refractivity contribution in [2.45, 2.75) is 6.18 Å². The quantitative estimate of drug-likeness (QED) is 0.616. The first-order valence-electron chi connectivity index (χ1n) is 7.92. The minimum atomic E-state index is -4.53. The van der Waals surface area contributed by atoms with Gasteiger partial charge in [-0.05, 0) is 30.3 Å². The zero-order valence-corrected chi connectivity index (χ0v) is 16.2. The van der Waals surface area contributed by atoms with Crippen molar-refractivity contribution >= 4 is 39.5 Å². The highest BCUT2D eigenvalue weighted by Gasteiger charge is 2.31. The minimum absolute atomic E-state index is 0.0446. The van der Waals surface area contributed by atoms with Gasteiger partial charge in [0, 0.05) is 29.3 Å². The van der Waals surface area contributed by atoms with Crippen LogP contribution in [0.25, 0.3) is 0 Å². The molecule has 0 unspecified atom stereocenters. The smallest absolute Gasteiger partial charge is 0.419 e. The van der Waals surface area contributed by atoms with E-state index in [0.29, 0.717) is 11.0 Å². The molecule has 2 amide bonds. The fraction of sp³-hybridized carbons (Fsp3) is 0.222. The molecule has 0 spiro atoms. The van der Waals surface area contributed by atoms with Gasteiger partial charge >= 0.3 is 18.4 Å². The van der Waals surface area contributed by atoms with Gasteiger partial charge in [0.2, 0.25) is 0 Å². The number of methoxy groups -OCH3 is 1. The average molecular weight is 461 g/mol. The summed E-state index contributed by atoms with van der Waals surface area (Å²) < 4.78 is 48.6. The Bertz CT molecular complexity index is 846. The second-order valence-corrected chi connectivity index (χ2v) is 6.19. The molecule has 2 aromatic rings. The molecule has 0 aliphatic carbocycles. The zero-order valence-electron chi connectivity index (χ0n) is 14.6. The molecule has 10 heteroatoms. The Balaban J connectivity index is 2.22. The summed E-state index contributed by atoms with van der Waals surface area (Å²) in [5, 5.41) is 2.74. The van der Waals surface area contributed by atoms with Crippen molar-refractivity contribution in [1.29, 1.82) is 0 Å². The van der Waals surface area contributed by atoms with Crippen molar-refractivity contribution < 1.29 is 32.2 Å². The Hall–Kier alpha value is -2.75. The van der Waals surface area contributed by atoms with E-state index in [1.807, 2.05) is 0 Å². The number of rotatable bonds is 5. The number of carbonyl (C=O) groups excluding carboxylic acids is 2. The fourth-order valence-corrected chi connectivity index (χ4v) is 2.58. The number of benzene rings is 2. The summed E-state index contributed by atoms with van der Waals surface area (Å²) in [7, 11) is 1.20. The van der Waals surface area contributed by atoms with Crippen LogP contribution in [0.1, 0.15) is 5.56 Å². The zero-order chi connectivity index (χ0) is 20.7. The SMILES string of the molecule is COC(=O)Nc1cccc(OC(=O)N(CCBr)c2cccc(C(F)(F)F)c2)c1. The summed E-state index contributed by atoms with van der Waals surface area (Å²) in [6.07, 6.45) is -6.10. The lowest BCUT2D eigenvalue weighted by Gasteiger charge is -2.22. The van der Waals surface area contributed by atoms with Gasteiger partial charge in [-0.2, -0.15) is 13.2 Å². The molecular weight excluding hydrogens is 445 g/mol. The number of nitrogens with zero attached hydrogens (tertiary/aromatic N) is 1. The molecule has 2 rings (SSSR count). The second-order valence-electron chi connectivity index (χ2n) is 5.40. The third-order valence-electron chi connectivity index (χ3n) is 3.48. The van der Waals surface area contributed by atoms with E-state index >= 15 is 0 Å². The van der Waals surface area contributed by atoms with E-state index in [-0.39, 0.29) is 18.0 Å². The third kappa shape index (κ3) is 5.88. The summed E-state index contributed by atoms with van der Waals surface area (Å²) in [6, 6.07) is 10.3. The van der Waals surface area contributed by atoms with Crippen LogP contribution in [0.15, 0.2) is 48.5 Å². The molecule has 1 N–H and O–H groups in total. The average Bonchev–Trinajstić information content (AvgIpc) is 2.65. The molecule has 0 heterocycles. The van der Waals surface area contributed by atoms with Crippen LogP contribution in [0.3, 0.4) is 0 Å². The van der Waals surface area contributed by atoms with Crippen molar-refractivity contribution in [3.8, 4) is 5.75 Å². The second kappa shape index (κ2) is 9.45. The van der Waals surface area contributed by atoms with Crippen molar-refractivity contribution in [3.05, 3.63) is 54.1 Å². The standard InChI is InChI=1S/C18H16BrF3N2O4/c1-27-16(25)23-13-5-3-7-15(11-13)28-17(26)24(9-8-19)14-6-2-4-12(10-14)18(20,21)22/h2-7,10-11H,8-9H2,1H3,(H,23,25). The van der Waals surface area contributed by atoms with Gasteiger partial charge in [-0.1, -0.05) is 28.1 Å². The van der Waals surface area contributed by atoms with Crippen LogP contribution in [0.4, 0.5) is 34.1 Å². The molecule has 0 aromatic heterocycles. The van der Waals surface area contributed by atoms with Crippen LogP contribution in [-0.2, 0) is 10.9 Å².